The average Bonchev–Trinajstić information content (AvgIpc) is 2.05. The summed E-state index contributed by atoms with van der Waals surface area (Å²) in [4.78, 5) is 10.5. The minimum absolute atomic E-state index is 0.0313. The van der Waals surface area contributed by atoms with Crippen LogP contribution in [0.4, 0.5) is 4.79 Å². The number of benzene rings is 1. The molecule has 0 heterocycles. The van der Waals surface area contributed by atoms with E-state index in [0.717, 1.165) is 5.56 Å². The molecule has 1 rings (SSSR count). The number of rotatable bonds is 2. The lowest BCUT2D eigenvalue weighted by Crippen LogP contribution is -2.20. The Kier molecular flexibility index (Phi) is 3.11. The molecule has 0 fully saturated rings. The van der Waals surface area contributed by atoms with Crippen molar-refractivity contribution in [2.75, 3.05) is 0 Å². The molecule has 1 amide bonds. The smallest absolute Gasteiger partial charge is 0.314 e. The van der Waals surface area contributed by atoms with Gasteiger partial charge in [0.05, 0.1) is 6.04 Å². The summed E-state index contributed by atoms with van der Waals surface area (Å²) in [7, 11) is 0. The van der Waals surface area contributed by atoms with Gasteiger partial charge < -0.3 is 5.32 Å². The SMILES string of the molecule is CC(NC(=O)Cl)c1ccccc1. The zero-order valence-corrected chi connectivity index (χ0v) is 7.51. The second kappa shape index (κ2) is 4.12. The van der Waals surface area contributed by atoms with Gasteiger partial charge in [0.15, 0.2) is 0 Å². The Labute approximate surface area is 76.5 Å². The Morgan fingerprint density at radius 3 is 2.50 bits per heavy atom. The highest BCUT2D eigenvalue weighted by molar-refractivity contribution is 6.62. The third-order valence-electron chi connectivity index (χ3n) is 1.63. The van der Waals surface area contributed by atoms with Crippen LogP contribution in [-0.2, 0) is 0 Å². The first-order valence-corrected chi connectivity index (χ1v) is 4.09. The first kappa shape index (κ1) is 9.07. The predicted octanol–water partition coefficient (Wildman–Crippen LogP) is 2.70. The molecule has 1 N–H and O–H groups in total. The lowest BCUT2D eigenvalue weighted by atomic mass is 10.1. The molecular formula is C9H10ClNO. The summed E-state index contributed by atoms with van der Waals surface area (Å²) in [6.07, 6.45) is 0. The van der Waals surface area contributed by atoms with E-state index in [0.29, 0.717) is 0 Å². The van der Waals surface area contributed by atoms with Crippen molar-refractivity contribution in [3.63, 3.8) is 0 Å². The fraction of sp³-hybridized carbons (Fsp3) is 0.222. The molecule has 0 aliphatic heterocycles. The summed E-state index contributed by atoms with van der Waals surface area (Å²) in [5, 5.41) is 2.06. The van der Waals surface area contributed by atoms with Gasteiger partial charge in [-0.05, 0) is 24.1 Å². The van der Waals surface area contributed by atoms with E-state index in [1.165, 1.54) is 0 Å². The molecule has 0 bridgehead atoms. The van der Waals surface area contributed by atoms with E-state index < -0.39 is 5.37 Å². The maximum atomic E-state index is 10.5. The van der Waals surface area contributed by atoms with Gasteiger partial charge in [0.1, 0.15) is 0 Å². The quantitative estimate of drug-likeness (QED) is 0.555. The van der Waals surface area contributed by atoms with Gasteiger partial charge in [-0.15, -0.1) is 0 Å². The molecule has 0 aliphatic carbocycles. The average molecular weight is 184 g/mol. The summed E-state index contributed by atoms with van der Waals surface area (Å²) < 4.78 is 0. The fourth-order valence-electron chi connectivity index (χ4n) is 0.995. The molecular weight excluding hydrogens is 174 g/mol. The van der Waals surface area contributed by atoms with Gasteiger partial charge in [-0.2, -0.15) is 0 Å². The van der Waals surface area contributed by atoms with Crippen LogP contribution in [0.25, 0.3) is 0 Å². The molecule has 0 radical (unpaired) electrons. The number of hydrogen-bond acceptors (Lipinski definition) is 1. The van der Waals surface area contributed by atoms with Crippen molar-refractivity contribution in [2.24, 2.45) is 0 Å². The van der Waals surface area contributed by atoms with Crippen molar-refractivity contribution in [3.8, 4) is 0 Å². The zero-order valence-electron chi connectivity index (χ0n) is 6.75. The van der Waals surface area contributed by atoms with E-state index in [1.54, 1.807) is 0 Å². The van der Waals surface area contributed by atoms with Crippen molar-refractivity contribution in [1.29, 1.82) is 0 Å². The Morgan fingerprint density at radius 2 is 2.00 bits per heavy atom. The summed E-state index contributed by atoms with van der Waals surface area (Å²) in [5.74, 6) is 0. The molecule has 0 spiro atoms. The van der Waals surface area contributed by atoms with Crippen molar-refractivity contribution in [1.82, 2.24) is 5.32 Å². The van der Waals surface area contributed by atoms with Gasteiger partial charge >= 0.3 is 5.37 Å². The van der Waals surface area contributed by atoms with Gasteiger partial charge in [0, 0.05) is 0 Å². The van der Waals surface area contributed by atoms with Crippen LogP contribution in [0.2, 0.25) is 0 Å². The first-order chi connectivity index (χ1) is 5.70. The zero-order chi connectivity index (χ0) is 8.97. The van der Waals surface area contributed by atoms with Crippen molar-refractivity contribution in [2.45, 2.75) is 13.0 Å². The van der Waals surface area contributed by atoms with Crippen LogP contribution in [-0.4, -0.2) is 5.37 Å². The highest BCUT2D eigenvalue weighted by Gasteiger charge is 2.05. The van der Waals surface area contributed by atoms with Crippen molar-refractivity contribution >= 4 is 17.0 Å². The molecule has 1 aromatic carbocycles. The van der Waals surface area contributed by atoms with E-state index in [1.807, 2.05) is 37.3 Å². The van der Waals surface area contributed by atoms with Crippen molar-refractivity contribution < 1.29 is 4.79 Å². The molecule has 1 atom stereocenters. The van der Waals surface area contributed by atoms with Crippen LogP contribution < -0.4 is 5.32 Å². The van der Waals surface area contributed by atoms with E-state index in [2.05, 4.69) is 5.32 Å². The summed E-state index contributed by atoms with van der Waals surface area (Å²) in [6, 6.07) is 9.63. The van der Waals surface area contributed by atoms with Gasteiger partial charge in [-0.25, -0.2) is 0 Å². The van der Waals surface area contributed by atoms with E-state index >= 15 is 0 Å². The molecule has 64 valence electrons. The van der Waals surface area contributed by atoms with E-state index in [4.69, 9.17) is 11.6 Å². The normalized spacial score (nSPS) is 12.2. The number of amides is 1. The van der Waals surface area contributed by atoms with Crippen molar-refractivity contribution in [3.05, 3.63) is 35.9 Å². The number of hydrogen-bond donors (Lipinski definition) is 1. The third kappa shape index (κ3) is 2.55. The number of carbonyl (C=O) groups excluding carboxylic acids is 1. The topological polar surface area (TPSA) is 29.1 Å². The van der Waals surface area contributed by atoms with Crippen LogP contribution in [0, 0.1) is 0 Å². The lowest BCUT2D eigenvalue weighted by Gasteiger charge is -2.10. The highest BCUT2D eigenvalue weighted by Crippen LogP contribution is 2.10. The lowest BCUT2D eigenvalue weighted by molar-refractivity contribution is 0.257. The molecule has 0 aliphatic rings. The minimum atomic E-state index is -0.522. The second-order valence-electron chi connectivity index (χ2n) is 2.55. The Balaban J connectivity index is 2.65. The van der Waals surface area contributed by atoms with Gasteiger partial charge in [0.25, 0.3) is 0 Å². The first-order valence-electron chi connectivity index (χ1n) is 3.71. The second-order valence-corrected chi connectivity index (χ2v) is 2.89. The van der Waals surface area contributed by atoms with Gasteiger partial charge in [-0.1, -0.05) is 30.3 Å². The van der Waals surface area contributed by atoms with E-state index in [-0.39, 0.29) is 6.04 Å². The number of carbonyl (C=O) groups is 1. The molecule has 0 aromatic heterocycles. The number of halogens is 1. The number of nitrogens with one attached hydrogen (secondary N) is 1. The minimum Gasteiger partial charge on any atom is -0.336 e. The molecule has 2 nitrogen and oxygen atoms in total. The third-order valence-corrected chi connectivity index (χ3v) is 1.74. The monoisotopic (exact) mass is 183 g/mol. The van der Waals surface area contributed by atoms with Gasteiger partial charge in [0.2, 0.25) is 0 Å². The van der Waals surface area contributed by atoms with E-state index in [9.17, 15) is 4.79 Å². The largest absolute Gasteiger partial charge is 0.336 e. The Hall–Kier alpha value is -1.02. The molecule has 0 saturated heterocycles. The van der Waals surface area contributed by atoms with Crippen LogP contribution >= 0.6 is 11.6 Å². The summed E-state index contributed by atoms with van der Waals surface area (Å²) >= 11 is 5.17. The predicted molar refractivity (Wildman–Crippen MR) is 49.2 cm³/mol. The highest BCUT2D eigenvalue weighted by atomic mass is 35.5. The van der Waals surface area contributed by atoms with Crippen LogP contribution in [0.5, 0.6) is 0 Å². The summed E-state index contributed by atoms with van der Waals surface area (Å²) in [6.45, 7) is 1.88. The molecule has 3 heteroatoms. The molecule has 0 saturated carbocycles. The molecule has 12 heavy (non-hydrogen) atoms. The fourth-order valence-corrected chi connectivity index (χ4v) is 1.16. The van der Waals surface area contributed by atoms with Crippen LogP contribution in [0.15, 0.2) is 30.3 Å². The Bertz CT molecular complexity index is 260. The van der Waals surface area contributed by atoms with Gasteiger partial charge in [-0.3, -0.25) is 4.79 Å². The van der Waals surface area contributed by atoms with Crippen LogP contribution in [0.3, 0.4) is 0 Å². The molecule has 1 unspecified atom stereocenters. The summed E-state index contributed by atoms with van der Waals surface area (Å²) in [5.41, 5.74) is 1.05. The Morgan fingerprint density at radius 1 is 1.42 bits per heavy atom. The maximum Gasteiger partial charge on any atom is 0.314 e. The standard InChI is InChI=1S/C9H10ClNO/c1-7(11-9(10)12)8-5-3-2-4-6-8/h2-7H,1H3,(H,11,12). The molecule has 1 aromatic rings. The van der Waals surface area contributed by atoms with Crippen LogP contribution in [0.1, 0.15) is 18.5 Å². The maximum absolute atomic E-state index is 10.5.